The van der Waals surface area contributed by atoms with Crippen molar-refractivity contribution in [2.75, 3.05) is 0 Å². The van der Waals surface area contributed by atoms with E-state index in [4.69, 9.17) is 16.1 Å². The van der Waals surface area contributed by atoms with E-state index in [0.717, 1.165) is 89.4 Å². The van der Waals surface area contributed by atoms with E-state index in [2.05, 4.69) is 156 Å². The number of aromatic nitrogens is 4. The summed E-state index contributed by atoms with van der Waals surface area (Å²) < 4.78 is 10.0. The molecule has 320 valence electrons. The molecule has 67 heavy (non-hydrogen) atoms. The molecule has 0 amide bonds. The van der Waals surface area contributed by atoms with Crippen molar-refractivity contribution in [1.82, 2.24) is 19.9 Å². The molecule has 2 aliphatic heterocycles. The summed E-state index contributed by atoms with van der Waals surface area (Å²) >= 11 is -1.95. The first kappa shape index (κ1) is 42.6. The topological polar surface area (TPSA) is 110 Å². The van der Waals surface area contributed by atoms with Gasteiger partial charge in [-0.15, -0.1) is 0 Å². The van der Waals surface area contributed by atoms with E-state index in [1.54, 1.807) is 48.5 Å². The van der Waals surface area contributed by atoms with Crippen LogP contribution in [0.25, 0.3) is 90.9 Å². The van der Waals surface area contributed by atoms with E-state index in [1.807, 2.05) is 36.4 Å². The number of hydrogen-bond acceptors (Lipinski definition) is 6. The Morgan fingerprint density at radius 3 is 0.821 bits per heavy atom. The van der Waals surface area contributed by atoms with Gasteiger partial charge in [-0.3, -0.25) is 0 Å². The SMILES string of the molecule is C1=Cc2nc1c(-c1ccccc1)c1ccc([nH]1)c(-c1ccccc1)c1nc(c(-c3ccccc3)c3ccc([nH]3)c2-c2ccccc2)C=C1.O=C([O][Sn][O]C(=O)c1ccccc1)c1ccccc1. The summed E-state index contributed by atoms with van der Waals surface area (Å²) in [5.41, 5.74) is 17.1. The van der Waals surface area contributed by atoms with Crippen LogP contribution in [-0.2, 0) is 6.15 Å². The van der Waals surface area contributed by atoms with E-state index in [1.165, 1.54) is 0 Å². The number of carbonyl (C=O) groups excluding carboxylic acids is 2. The average Bonchev–Trinajstić information content (AvgIpc) is 4.25. The molecule has 0 aliphatic carbocycles. The third-order valence-corrected chi connectivity index (χ3v) is 12.8. The van der Waals surface area contributed by atoms with Gasteiger partial charge in [0, 0.05) is 44.3 Å². The molecule has 0 unspecified atom stereocenters. The van der Waals surface area contributed by atoms with Crippen LogP contribution < -0.4 is 0 Å². The van der Waals surface area contributed by atoms with Gasteiger partial charge < -0.3 is 9.97 Å². The van der Waals surface area contributed by atoms with Crippen molar-refractivity contribution in [3.05, 3.63) is 240 Å². The molecule has 2 aliphatic rings. The van der Waals surface area contributed by atoms with Crippen molar-refractivity contribution in [1.29, 1.82) is 0 Å². The molecule has 3 aromatic heterocycles. The zero-order valence-electron chi connectivity index (χ0n) is 36.0. The molecule has 2 N–H and O–H groups in total. The van der Waals surface area contributed by atoms with Crippen molar-refractivity contribution in [2.24, 2.45) is 0 Å². The normalized spacial score (nSPS) is 11.3. The second-order valence-electron chi connectivity index (χ2n) is 15.6. The van der Waals surface area contributed by atoms with Gasteiger partial charge in [0.2, 0.25) is 0 Å². The van der Waals surface area contributed by atoms with E-state index in [9.17, 15) is 9.59 Å². The van der Waals surface area contributed by atoms with Gasteiger partial charge in [-0.25, -0.2) is 9.97 Å². The number of carbonyl (C=O) groups is 2. The Bertz CT molecular complexity index is 3050. The van der Waals surface area contributed by atoms with E-state index >= 15 is 0 Å². The van der Waals surface area contributed by atoms with Gasteiger partial charge in [0.05, 0.1) is 22.8 Å². The fourth-order valence-electron chi connectivity index (χ4n) is 8.20. The van der Waals surface area contributed by atoms with Gasteiger partial charge >= 0.3 is 121 Å². The molecule has 8 bridgehead atoms. The zero-order valence-corrected chi connectivity index (χ0v) is 38.8. The molecule has 0 spiro atoms. The standard InChI is InChI=1S/C44H30N4.2C7H6O2.Sn/c1-5-13-29(14-6-1)41-33-21-23-35(45-33)42(30-15-7-2-8-16-30)37-25-27-39(47-37)44(32-19-11-4-12-20-32)40-28-26-38(48-40)43(31-17-9-3-10-18-31)36-24-22-34(41)46-36;2*8-7(9)6-4-2-1-3-5-6;/h1-28,45,48H;2*1-5H,(H,8,9);/q;;;+2/p-2. The summed E-state index contributed by atoms with van der Waals surface area (Å²) in [5, 5.41) is 0. The minimum absolute atomic E-state index is 0.451. The van der Waals surface area contributed by atoms with Gasteiger partial charge in [-0.2, -0.15) is 0 Å². The van der Waals surface area contributed by atoms with Crippen LogP contribution in [0.4, 0.5) is 0 Å². The quantitative estimate of drug-likeness (QED) is 0.147. The molecule has 8 nitrogen and oxygen atoms in total. The molecule has 0 atom stereocenters. The van der Waals surface area contributed by atoms with Crippen molar-refractivity contribution < 1.29 is 15.7 Å². The molecule has 9 aromatic rings. The Balaban J connectivity index is 0.000000232. The predicted octanol–water partition coefficient (Wildman–Crippen LogP) is 13.6. The predicted molar refractivity (Wildman–Crippen MR) is 270 cm³/mol. The number of hydrogen-bond donors (Lipinski definition) is 2. The molecule has 5 heterocycles. The van der Waals surface area contributed by atoms with Gasteiger partial charge in [-0.1, -0.05) is 121 Å². The number of aromatic amines is 2. The van der Waals surface area contributed by atoms with Crippen LogP contribution in [0.5, 0.6) is 0 Å². The van der Waals surface area contributed by atoms with Crippen LogP contribution in [0, 0.1) is 0 Å². The average molecular weight is 976 g/mol. The van der Waals surface area contributed by atoms with E-state index < -0.39 is 33.9 Å². The van der Waals surface area contributed by atoms with Crippen molar-refractivity contribution >= 4 is 80.3 Å². The number of fused-ring (bicyclic) bond motifs is 8. The van der Waals surface area contributed by atoms with Crippen molar-refractivity contribution in [3.8, 4) is 44.5 Å². The Kier molecular flexibility index (Phi) is 12.6. The second-order valence-corrected chi connectivity index (χ2v) is 17.2. The molecular weight excluding hydrogens is 935 g/mol. The fourth-order valence-corrected chi connectivity index (χ4v) is 9.43. The van der Waals surface area contributed by atoms with Crippen LogP contribution in [0.15, 0.2) is 206 Å². The first-order chi connectivity index (χ1) is 33.1. The fraction of sp³-hybridized carbons (Fsp3) is 0. The van der Waals surface area contributed by atoms with Crippen molar-refractivity contribution in [3.63, 3.8) is 0 Å². The second kappa shape index (κ2) is 19.8. The first-order valence-corrected chi connectivity index (χ1v) is 24.1. The monoisotopic (exact) mass is 976 g/mol. The van der Waals surface area contributed by atoms with Crippen molar-refractivity contribution in [2.45, 2.75) is 0 Å². The molecule has 11 rings (SSSR count). The third-order valence-electron chi connectivity index (χ3n) is 11.3. The summed E-state index contributed by atoms with van der Waals surface area (Å²) in [6.45, 7) is 0. The summed E-state index contributed by atoms with van der Waals surface area (Å²) in [7, 11) is 0. The summed E-state index contributed by atoms with van der Waals surface area (Å²) in [6, 6.07) is 67.9. The number of H-pyrrole nitrogens is 2. The maximum absolute atomic E-state index is 11.6. The van der Waals surface area contributed by atoms with Crippen LogP contribution in [-0.4, -0.2) is 53.8 Å². The number of nitrogens with zero attached hydrogens (tertiary/aromatic N) is 2. The van der Waals surface area contributed by atoms with Gasteiger partial charge in [0.1, 0.15) is 0 Å². The van der Waals surface area contributed by atoms with Crippen LogP contribution >= 0.6 is 0 Å². The molecular formula is C58H40N4O4Sn. The molecule has 0 fully saturated rings. The van der Waals surface area contributed by atoms with Crippen LogP contribution in [0.1, 0.15) is 43.5 Å². The Labute approximate surface area is 398 Å². The molecule has 6 aromatic carbocycles. The molecule has 0 saturated carbocycles. The Morgan fingerprint density at radius 1 is 0.328 bits per heavy atom. The van der Waals surface area contributed by atoms with Gasteiger partial charge in [0.25, 0.3) is 0 Å². The molecule has 0 saturated heterocycles. The van der Waals surface area contributed by atoms with E-state index in [0.29, 0.717) is 11.1 Å². The zero-order chi connectivity index (χ0) is 45.4. The summed E-state index contributed by atoms with van der Waals surface area (Å²) in [6.07, 6.45) is 8.54. The molecule has 9 heteroatoms. The first-order valence-electron chi connectivity index (χ1n) is 21.7. The van der Waals surface area contributed by atoms with E-state index in [-0.39, 0.29) is 0 Å². The number of nitrogens with one attached hydrogen (secondary N) is 2. The van der Waals surface area contributed by atoms with Crippen LogP contribution in [0.3, 0.4) is 0 Å². The summed E-state index contributed by atoms with van der Waals surface area (Å²) in [4.78, 5) is 41.5. The number of rotatable bonds is 8. The molecule has 2 radical (unpaired) electrons. The van der Waals surface area contributed by atoms with Gasteiger partial charge in [-0.05, 0) is 70.8 Å². The summed E-state index contributed by atoms with van der Waals surface area (Å²) in [5.74, 6) is -0.902. The third kappa shape index (κ3) is 9.43. The number of benzene rings is 6. The van der Waals surface area contributed by atoms with Crippen LogP contribution in [0.2, 0.25) is 0 Å². The minimum atomic E-state index is -1.95. The van der Waals surface area contributed by atoms with Gasteiger partial charge in [0.15, 0.2) is 0 Å². The Hall–Kier alpha value is -8.34. The maximum atomic E-state index is 11.6. The Morgan fingerprint density at radius 2 is 0.567 bits per heavy atom.